The number of hydrogen-bond acceptors (Lipinski definition) is 3. The number of benzene rings is 1. The number of ether oxygens (including phenoxy) is 1. The molecule has 0 bridgehead atoms. The van der Waals surface area contributed by atoms with Gasteiger partial charge in [-0.2, -0.15) is 0 Å². The third kappa shape index (κ3) is 6.26. The van der Waals surface area contributed by atoms with Crippen LogP contribution in [0.15, 0.2) is 18.2 Å². The van der Waals surface area contributed by atoms with Gasteiger partial charge < -0.3 is 10.1 Å². The molecule has 20 heavy (non-hydrogen) atoms. The summed E-state index contributed by atoms with van der Waals surface area (Å²) in [5.74, 6) is -1.86. The molecule has 0 saturated heterocycles. The van der Waals surface area contributed by atoms with Gasteiger partial charge in [-0.05, 0) is 38.5 Å². The van der Waals surface area contributed by atoms with Gasteiger partial charge in [0.2, 0.25) is 0 Å². The largest absolute Gasteiger partial charge is 0.444 e. The van der Waals surface area contributed by atoms with Crippen molar-refractivity contribution in [3.8, 4) is 0 Å². The number of carbonyl (C=O) groups excluding carboxylic acids is 2. The molecule has 110 valence electrons. The Labute approximate surface area is 116 Å². The summed E-state index contributed by atoms with van der Waals surface area (Å²) in [6.45, 7) is 4.84. The zero-order valence-electron chi connectivity index (χ0n) is 11.6. The molecular formula is C14H17F2NO3. The minimum atomic E-state index is -0.743. The molecule has 6 heteroatoms. The molecule has 0 saturated carbocycles. The van der Waals surface area contributed by atoms with Crippen LogP contribution < -0.4 is 5.32 Å². The van der Waals surface area contributed by atoms with Gasteiger partial charge in [-0.15, -0.1) is 0 Å². The lowest BCUT2D eigenvalue weighted by molar-refractivity contribution is -0.117. The molecule has 0 atom stereocenters. The van der Waals surface area contributed by atoms with E-state index >= 15 is 0 Å². The molecule has 1 amide bonds. The Morgan fingerprint density at radius 2 is 1.70 bits per heavy atom. The van der Waals surface area contributed by atoms with Crippen LogP contribution in [-0.4, -0.2) is 24.0 Å². The van der Waals surface area contributed by atoms with Gasteiger partial charge >= 0.3 is 6.09 Å². The van der Waals surface area contributed by atoms with Gasteiger partial charge in [0, 0.05) is 12.5 Å². The van der Waals surface area contributed by atoms with Gasteiger partial charge in [0.05, 0.1) is 6.54 Å². The zero-order valence-corrected chi connectivity index (χ0v) is 11.6. The predicted octanol–water partition coefficient (Wildman–Crippen LogP) is 2.60. The molecule has 0 unspecified atom stereocenters. The third-order valence-corrected chi connectivity index (χ3v) is 2.15. The average Bonchev–Trinajstić information content (AvgIpc) is 2.22. The van der Waals surface area contributed by atoms with Crippen LogP contribution in [0.5, 0.6) is 0 Å². The second-order valence-corrected chi connectivity index (χ2v) is 5.35. The normalized spacial score (nSPS) is 11.1. The van der Waals surface area contributed by atoms with E-state index in [2.05, 4.69) is 5.32 Å². The lowest BCUT2D eigenvalue weighted by atomic mass is 10.1. The molecule has 1 aromatic carbocycles. The van der Waals surface area contributed by atoms with Gasteiger partial charge in [-0.25, -0.2) is 13.6 Å². The first-order valence-corrected chi connectivity index (χ1v) is 6.09. The molecule has 0 aliphatic heterocycles. The van der Waals surface area contributed by atoms with E-state index in [0.29, 0.717) is 0 Å². The molecular weight excluding hydrogens is 268 g/mol. The minimum absolute atomic E-state index is 0.162. The van der Waals surface area contributed by atoms with E-state index < -0.39 is 23.3 Å². The van der Waals surface area contributed by atoms with Gasteiger partial charge in [0.15, 0.2) is 5.78 Å². The Balaban J connectivity index is 2.46. The van der Waals surface area contributed by atoms with Crippen molar-refractivity contribution in [2.75, 3.05) is 6.54 Å². The second kappa shape index (κ2) is 6.45. The Morgan fingerprint density at radius 3 is 2.20 bits per heavy atom. The van der Waals surface area contributed by atoms with E-state index in [0.717, 1.165) is 18.2 Å². The van der Waals surface area contributed by atoms with Gasteiger partial charge in [0.25, 0.3) is 0 Å². The van der Waals surface area contributed by atoms with Crippen molar-refractivity contribution in [2.45, 2.75) is 32.8 Å². The maximum atomic E-state index is 12.9. The van der Waals surface area contributed by atoms with Crippen molar-refractivity contribution in [1.82, 2.24) is 5.32 Å². The van der Waals surface area contributed by atoms with Crippen molar-refractivity contribution in [3.63, 3.8) is 0 Å². The van der Waals surface area contributed by atoms with E-state index in [1.165, 1.54) is 0 Å². The summed E-state index contributed by atoms with van der Waals surface area (Å²) in [5, 5.41) is 2.29. The van der Waals surface area contributed by atoms with E-state index in [1.54, 1.807) is 20.8 Å². The fraction of sp³-hybridized carbons (Fsp3) is 0.429. The second-order valence-electron chi connectivity index (χ2n) is 5.35. The highest BCUT2D eigenvalue weighted by Crippen LogP contribution is 2.09. The zero-order chi connectivity index (χ0) is 15.3. The van der Waals surface area contributed by atoms with Crippen molar-refractivity contribution < 1.29 is 23.1 Å². The molecule has 0 aliphatic carbocycles. The highest BCUT2D eigenvalue weighted by molar-refractivity contribution is 5.85. The Hall–Kier alpha value is -1.98. The van der Waals surface area contributed by atoms with Crippen LogP contribution in [0.3, 0.4) is 0 Å². The van der Waals surface area contributed by atoms with E-state index in [9.17, 15) is 18.4 Å². The third-order valence-electron chi connectivity index (χ3n) is 2.15. The number of amides is 1. The molecule has 4 nitrogen and oxygen atoms in total. The smallest absolute Gasteiger partial charge is 0.408 e. The molecule has 0 fully saturated rings. The molecule has 0 spiro atoms. The first-order chi connectivity index (χ1) is 9.15. The lowest BCUT2D eigenvalue weighted by Gasteiger charge is -2.19. The van der Waals surface area contributed by atoms with Crippen molar-refractivity contribution in [1.29, 1.82) is 0 Å². The number of alkyl carbamates (subject to hydrolysis) is 1. The highest BCUT2D eigenvalue weighted by atomic mass is 19.1. The fourth-order valence-electron chi connectivity index (χ4n) is 1.49. The minimum Gasteiger partial charge on any atom is -0.444 e. The topological polar surface area (TPSA) is 55.4 Å². The average molecular weight is 285 g/mol. The standard InChI is InChI=1S/C14H17F2NO3/c1-14(2,3)20-13(19)17-8-12(18)6-9-4-10(15)7-11(16)5-9/h4-5,7H,6,8H2,1-3H3,(H,17,19). The van der Waals surface area contributed by atoms with Crippen LogP contribution >= 0.6 is 0 Å². The maximum absolute atomic E-state index is 12.9. The first-order valence-electron chi connectivity index (χ1n) is 6.09. The molecule has 1 rings (SSSR count). The molecule has 0 aromatic heterocycles. The lowest BCUT2D eigenvalue weighted by Crippen LogP contribution is -2.35. The molecule has 0 aliphatic rings. The SMILES string of the molecule is CC(C)(C)OC(=O)NCC(=O)Cc1cc(F)cc(F)c1. The highest BCUT2D eigenvalue weighted by Gasteiger charge is 2.16. The summed E-state index contributed by atoms with van der Waals surface area (Å²) in [5.41, 5.74) is -0.433. The fourth-order valence-corrected chi connectivity index (χ4v) is 1.49. The Bertz CT molecular complexity index is 489. The van der Waals surface area contributed by atoms with Crippen LogP contribution in [0.25, 0.3) is 0 Å². The summed E-state index contributed by atoms with van der Waals surface area (Å²) in [7, 11) is 0. The van der Waals surface area contributed by atoms with E-state index in [4.69, 9.17) is 4.74 Å². The summed E-state index contributed by atoms with van der Waals surface area (Å²) in [4.78, 5) is 22.9. The summed E-state index contributed by atoms with van der Waals surface area (Å²) < 4.78 is 30.8. The number of Topliss-reactive ketones (excluding diaryl/α,β-unsaturated/α-hetero) is 1. The number of halogens is 2. The van der Waals surface area contributed by atoms with Crippen molar-refractivity contribution in [2.24, 2.45) is 0 Å². The monoisotopic (exact) mass is 285 g/mol. The summed E-state index contributed by atoms with van der Waals surface area (Å²) in [6, 6.07) is 2.88. The van der Waals surface area contributed by atoms with Crippen LogP contribution in [-0.2, 0) is 16.0 Å². The summed E-state index contributed by atoms with van der Waals surface area (Å²) >= 11 is 0. The predicted molar refractivity (Wildman–Crippen MR) is 69.3 cm³/mol. The number of hydrogen-bond donors (Lipinski definition) is 1. The van der Waals surface area contributed by atoms with Crippen molar-refractivity contribution in [3.05, 3.63) is 35.4 Å². The van der Waals surface area contributed by atoms with Gasteiger partial charge in [-0.3, -0.25) is 4.79 Å². The number of nitrogens with one attached hydrogen (secondary N) is 1. The molecule has 0 heterocycles. The van der Waals surface area contributed by atoms with Crippen LogP contribution in [0.1, 0.15) is 26.3 Å². The van der Waals surface area contributed by atoms with Crippen LogP contribution in [0.4, 0.5) is 13.6 Å². The van der Waals surface area contributed by atoms with E-state index in [-0.39, 0.29) is 24.3 Å². The molecule has 0 radical (unpaired) electrons. The van der Waals surface area contributed by atoms with Gasteiger partial charge in [0.1, 0.15) is 17.2 Å². The Morgan fingerprint density at radius 1 is 1.15 bits per heavy atom. The molecule has 1 N–H and O–H groups in total. The Kier molecular flexibility index (Phi) is 5.19. The number of carbonyl (C=O) groups is 2. The van der Waals surface area contributed by atoms with Crippen LogP contribution in [0.2, 0.25) is 0 Å². The van der Waals surface area contributed by atoms with Gasteiger partial charge in [-0.1, -0.05) is 0 Å². The first kappa shape index (κ1) is 16.1. The van der Waals surface area contributed by atoms with Crippen LogP contribution in [0, 0.1) is 11.6 Å². The van der Waals surface area contributed by atoms with E-state index in [1.807, 2.05) is 0 Å². The number of rotatable bonds is 4. The number of ketones is 1. The summed E-state index contributed by atoms with van der Waals surface area (Å²) in [6.07, 6.45) is -0.874. The molecule has 1 aromatic rings. The van der Waals surface area contributed by atoms with Crippen molar-refractivity contribution >= 4 is 11.9 Å². The maximum Gasteiger partial charge on any atom is 0.408 e. The quantitative estimate of drug-likeness (QED) is 0.925.